The second-order valence-corrected chi connectivity index (χ2v) is 4.64. The molecule has 1 aliphatic heterocycles. The normalized spacial score (nSPS) is 20.2. The number of benzene rings is 1. The highest BCUT2D eigenvalue weighted by Crippen LogP contribution is 2.25. The topological polar surface area (TPSA) is 82.0 Å². The minimum absolute atomic E-state index is 0.0734. The first-order chi connectivity index (χ1) is 9.08. The number of nitrogens with one attached hydrogen (secondary N) is 1. The fraction of sp³-hybridized carbons (Fsp3) is 0.462. The maximum absolute atomic E-state index is 11.9. The lowest BCUT2D eigenvalue weighted by atomic mass is 10.1. The van der Waals surface area contributed by atoms with Crippen LogP contribution in [0.3, 0.4) is 0 Å². The largest absolute Gasteiger partial charge is 0.507 e. The Morgan fingerprint density at radius 3 is 2.79 bits per heavy atom. The Kier molecular flexibility index (Phi) is 4.24. The zero-order valence-corrected chi connectivity index (χ0v) is 10.8. The summed E-state index contributed by atoms with van der Waals surface area (Å²) in [7, 11) is 1.99. The number of aromatic hydroxyl groups is 2. The van der Waals surface area contributed by atoms with E-state index in [4.69, 9.17) is 4.74 Å². The smallest absolute Gasteiger partial charge is 0.258 e. The molecule has 0 saturated carbocycles. The van der Waals surface area contributed by atoms with E-state index < -0.39 is 5.91 Å². The van der Waals surface area contributed by atoms with Crippen LogP contribution in [-0.4, -0.2) is 60.4 Å². The molecule has 104 valence electrons. The lowest BCUT2D eigenvalue weighted by molar-refractivity contribution is -0.0175. The summed E-state index contributed by atoms with van der Waals surface area (Å²) >= 11 is 0. The van der Waals surface area contributed by atoms with E-state index in [0.29, 0.717) is 13.2 Å². The van der Waals surface area contributed by atoms with Gasteiger partial charge in [0.1, 0.15) is 17.1 Å². The zero-order chi connectivity index (χ0) is 13.8. The maximum Gasteiger partial charge on any atom is 0.258 e. The van der Waals surface area contributed by atoms with Crippen LogP contribution in [0, 0.1) is 0 Å². The van der Waals surface area contributed by atoms with Crippen LogP contribution in [-0.2, 0) is 4.74 Å². The Bertz CT molecular complexity index is 444. The Balaban J connectivity index is 1.94. The number of nitrogens with zero attached hydrogens (tertiary/aromatic N) is 1. The monoisotopic (exact) mass is 266 g/mol. The summed E-state index contributed by atoms with van der Waals surface area (Å²) in [6.07, 6.45) is -0.0734. The molecule has 0 aromatic heterocycles. The van der Waals surface area contributed by atoms with E-state index in [1.807, 2.05) is 7.05 Å². The summed E-state index contributed by atoms with van der Waals surface area (Å²) in [4.78, 5) is 14.0. The third kappa shape index (κ3) is 3.36. The molecule has 2 rings (SSSR count). The van der Waals surface area contributed by atoms with Crippen LogP contribution in [0.2, 0.25) is 0 Å². The summed E-state index contributed by atoms with van der Waals surface area (Å²) in [5, 5.41) is 21.8. The van der Waals surface area contributed by atoms with Gasteiger partial charge in [0, 0.05) is 19.6 Å². The van der Waals surface area contributed by atoms with Crippen LogP contribution in [0.4, 0.5) is 0 Å². The summed E-state index contributed by atoms with van der Waals surface area (Å²) in [6, 6.07) is 4.19. The van der Waals surface area contributed by atoms with Gasteiger partial charge in [-0.15, -0.1) is 0 Å². The van der Waals surface area contributed by atoms with E-state index in [0.717, 1.165) is 13.1 Å². The highest BCUT2D eigenvalue weighted by molar-refractivity contribution is 5.99. The second-order valence-electron chi connectivity index (χ2n) is 4.64. The van der Waals surface area contributed by atoms with Gasteiger partial charge in [0.2, 0.25) is 0 Å². The van der Waals surface area contributed by atoms with Crippen LogP contribution >= 0.6 is 0 Å². The first-order valence-corrected chi connectivity index (χ1v) is 6.17. The van der Waals surface area contributed by atoms with Crippen molar-refractivity contribution in [1.29, 1.82) is 0 Å². The van der Waals surface area contributed by atoms with Crippen molar-refractivity contribution < 1.29 is 19.7 Å². The third-order valence-electron chi connectivity index (χ3n) is 3.08. The van der Waals surface area contributed by atoms with Crippen molar-refractivity contribution in [2.24, 2.45) is 0 Å². The number of hydrogen-bond donors (Lipinski definition) is 3. The molecular formula is C13H18N2O4. The van der Waals surface area contributed by atoms with Gasteiger partial charge in [0.25, 0.3) is 5.91 Å². The Labute approximate surface area is 111 Å². The van der Waals surface area contributed by atoms with E-state index in [1.165, 1.54) is 18.2 Å². The van der Waals surface area contributed by atoms with Crippen molar-refractivity contribution in [3.63, 3.8) is 0 Å². The van der Waals surface area contributed by atoms with Crippen LogP contribution in [0.25, 0.3) is 0 Å². The number of hydrogen-bond acceptors (Lipinski definition) is 5. The van der Waals surface area contributed by atoms with Gasteiger partial charge in [-0.3, -0.25) is 4.79 Å². The van der Waals surface area contributed by atoms with E-state index in [-0.39, 0.29) is 23.2 Å². The summed E-state index contributed by atoms with van der Waals surface area (Å²) < 4.78 is 5.51. The number of likely N-dealkylation sites (N-methyl/N-ethyl adjacent to an activating group) is 1. The number of carbonyl (C=O) groups excluding carboxylic acids is 1. The second kappa shape index (κ2) is 5.90. The minimum atomic E-state index is -0.507. The molecule has 1 atom stereocenters. The summed E-state index contributed by atoms with van der Waals surface area (Å²) in [5.74, 6) is -0.981. The Hall–Kier alpha value is -1.79. The fourth-order valence-electron chi connectivity index (χ4n) is 2.05. The molecule has 0 bridgehead atoms. The van der Waals surface area contributed by atoms with E-state index in [1.54, 1.807) is 0 Å². The fourth-order valence-corrected chi connectivity index (χ4v) is 2.05. The Morgan fingerprint density at radius 2 is 2.16 bits per heavy atom. The van der Waals surface area contributed by atoms with Gasteiger partial charge in [0.15, 0.2) is 0 Å². The molecule has 1 fully saturated rings. The summed E-state index contributed by atoms with van der Waals surface area (Å²) in [5.41, 5.74) is -0.105. The highest BCUT2D eigenvalue weighted by Gasteiger charge is 2.20. The first-order valence-electron chi connectivity index (χ1n) is 6.17. The van der Waals surface area contributed by atoms with Crippen molar-refractivity contribution >= 4 is 5.91 Å². The third-order valence-corrected chi connectivity index (χ3v) is 3.08. The van der Waals surface area contributed by atoms with E-state index >= 15 is 0 Å². The van der Waals surface area contributed by atoms with Gasteiger partial charge in [-0.2, -0.15) is 0 Å². The zero-order valence-electron chi connectivity index (χ0n) is 10.8. The average Bonchev–Trinajstić information content (AvgIpc) is 2.36. The number of phenolic OH excluding ortho intramolecular Hbond substituents is 2. The highest BCUT2D eigenvalue weighted by atomic mass is 16.5. The predicted molar refractivity (Wildman–Crippen MR) is 69.3 cm³/mol. The lowest BCUT2D eigenvalue weighted by Gasteiger charge is -2.30. The molecule has 0 aliphatic carbocycles. The van der Waals surface area contributed by atoms with Crippen molar-refractivity contribution in [3.05, 3.63) is 23.8 Å². The Morgan fingerprint density at radius 1 is 1.47 bits per heavy atom. The number of amides is 1. The molecule has 1 aromatic rings. The van der Waals surface area contributed by atoms with E-state index in [9.17, 15) is 15.0 Å². The van der Waals surface area contributed by atoms with Crippen molar-refractivity contribution in [1.82, 2.24) is 10.2 Å². The molecule has 19 heavy (non-hydrogen) atoms. The van der Waals surface area contributed by atoms with Gasteiger partial charge in [-0.1, -0.05) is 6.07 Å². The maximum atomic E-state index is 11.9. The van der Waals surface area contributed by atoms with Crippen LogP contribution < -0.4 is 5.32 Å². The molecule has 1 aromatic carbocycles. The van der Waals surface area contributed by atoms with Gasteiger partial charge >= 0.3 is 0 Å². The van der Waals surface area contributed by atoms with Gasteiger partial charge in [-0.25, -0.2) is 0 Å². The number of ether oxygens (including phenoxy) is 1. The quantitative estimate of drug-likeness (QED) is 0.726. The molecule has 1 amide bonds. The average molecular weight is 266 g/mol. The molecule has 0 spiro atoms. The van der Waals surface area contributed by atoms with Gasteiger partial charge < -0.3 is 25.2 Å². The van der Waals surface area contributed by atoms with Crippen molar-refractivity contribution in [3.8, 4) is 11.5 Å². The number of morpholine rings is 1. The molecule has 1 aliphatic rings. The number of carbonyl (C=O) groups is 1. The minimum Gasteiger partial charge on any atom is -0.507 e. The molecule has 6 nitrogen and oxygen atoms in total. The lowest BCUT2D eigenvalue weighted by Crippen LogP contribution is -2.45. The predicted octanol–water partition coefficient (Wildman–Crippen LogP) is 0.158. The number of phenols is 2. The molecule has 6 heteroatoms. The molecular weight excluding hydrogens is 248 g/mol. The van der Waals surface area contributed by atoms with Crippen LogP contribution in [0.15, 0.2) is 18.2 Å². The van der Waals surface area contributed by atoms with Gasteiger partial charge in [0.05, 0.1) is 12.7 Å². The van der Waals surface area contributed by atoms with E-state index in [2.05, 4.69) is 10.2 Å². The number of rotatable bonds is 3. The van der Waals surface area contributed by atoms with Crippen LogP contribution in [0.5, 0.6) is 11.5 Å². The SMILES string of the molecule is CN1CCOC(CNC(=O)c2c(O)cccc2O)C1. The molecule has 1 unspecified atom stereocenters. The molecule has 3 N–H and O–H groups in total. The molecule has 1 saturated heterocycles. The van der Waals surface area contributed by atoms with Gasteiger partial charge in [-0.05, 0) is 19.2 Å². The van der Waals surface area contributed by atoms with Crippen molar-refractivity contribution in [2.45, 2.75) is 6.10 Å². The molecule has 1 heterocycles. The first kappa shape index (κ1) is 13.6. The van der Waals surface area contributed by atoms with Crippen LogP contribution in [0.1, 0.15) is 10.4 Å². The standard InChI is InChI=1S/C13H18N2O4/c1-15-5-6-19-9(8-15)7-14-13(18)12-10(16)3-2-4-11(12)17/h2-4,9,16-17H,5-8H2,1H3,(H,14,18). The van der Waals surface area contributed by atoms with Crippen molar-refractivity contribution in [2.75, 3.05) is 33.3 Å². The molecule has 0 radical (unpaired) electrons. The summed E-state index contributed by atoms with van der Waals surface area (Å²) in [6.45, 7) is 2.60.